The van der Waals surface area contributed by atoms with Gasteiger partial charge in [0.05, 0.1) is 7.11 Å². The lowest BCUT2D eigenvalue weighted by atomic mass is 10.0. The molecule has 6 nitrogen and oxygen atoms in total. The van der Waals surface area contributed by atoms with Gasteiger partial charge in [0.15, 0.2) is 0 Å². The molecule has 0 aromatic heterocycles. The van der Waals surface area contributed by atoms with E-state index in [-0.39, 0.29) is 11.8 Å². The SMILES string of the molecule is COC(=O)[C@H](CC(C)C)NC(=O)c1ccc(OC(C)=O)cc1. The van der Waals surface area contributed by atoms with Crippen LogP contribution in [0.3, 0.4) is 0 Å². The molecule has 1 aromatic carbocycles. The van der Waals surface area contributed by atoms with Gasteiger partial charge in [0.2, 0.25) is 0 Å². The molecule has 0 radical (unpaired) electrons. The second-order valence-electron chi connectivity index (χ2n) is 5.30. The number of amides is 1. The normalized spacial score (nSPS) is 11.7. The Hall–Kier alpha value is -2.37. The summed E-state index contributed by atoms with van der Waals surface area (Å²) in [6.07, 6.45) is 0.490. The molecule has 0 fully saturated rings. The Morgan fingerprint density at radius 2 is 1.73 bits per heavy atom. The third-order valence-corrected chi connectivity index (χ3v) is 2.88. The zero-order valence-corrected chi connectivity index (χ0v) is 13.2. The van der Waals surface area contributed by atoms with Crippen LogP contribution in [0.1, 0.15) is 37.6 Å². The van der Waals surface area contributed by atoms with E-state index in [1.54, 1.807) is 0 Å². The third-order valence-electron chi connectivity index (χ3n) is 2.88. The van der Waals surface area contributed by atoms with Gasteiger partial charge in [-0.15, -0.1) is 0 Å². The molecule has 0 aliphatic rings. The minimum absolute atomic E-state index is 0.232. The number of benzene rings is 1. The van der Waals surface area contributed by atoms with Crippen LogP contribution in [0.4, 0.5) is 0 Å². The lowest BCUT2D eigenvalue weighted by Crippen LogP contribution is -2.42. The van der Waals surface area contributed by atoms with Crippen LogP contribution < -0.4 is 10.1 Å². The predicted molar refractivity (Wildman–Crippen MR) is 80.5 cm³/mol. The molecule has 0 heterocycles. The van der Waals surface area contributed by atoms with Gasteiger partial charge in [0.1, 0.15) is 11.8 Å². The summed E-state index contributed by atoms with van der Waals surface area (Å²) in [6.45, 7) is 5.21. The van der Waals surface area contributed by atoms with Gasteiger partial charge in [-0.2, -0.15) is 0 Å². The van der Waals surface area contributed by atoms with Gasteiger partial charge in [0, 0.05) is 12.5 Å². The summed E-state index contributed by atoms with van der Waals surface area (Å²) >= 11 is 0. The zero-order chi connectivity index (χ0) is 16.7. The molecule has 22 heavy (non-hydrogen) atoms. The number of ether oxygens (including phenoxy) is 2. The van der Waals surface area contributed by atoms with Crippen LogP contribution in [0.5, 0.6) is 5.75 Å². The van der Waals surface area contributed by atoms with Gasteiger partial charge in [0.25, 0.3) is 5.91 Å². The Morgan fingerprint density at radius 1 is 1.14 bits per heavy atom. The van der Waals surface area contributed by atoms with Crippen LogP contribution >= 0.6 is 0 Å². The van der Waals surface area contributed by atoms with Gasteiger partial charge in [-0.3, -0.25) is 9.59 Å². The van der Waals surface area contributed by atoms with Crippen LogP contribution in [0.25, 0.3) is 0 Å². The molecule has 0 aliphatic heterocycles. The molecule has 0 saturated carbocycles. The molecule has 0 unspecified atom stereocenters. The maximum atomic E-state index is 12.2. The van der Waals surface area contributed by atoms with Crippen LogP contribution in [0, 0.1) is 5.92 Å². The van der Waals surface area contributed by atoms with Crippen molar-refractivity contribution in [3.63, 3.8) is 0 Å². The van der Waals surface area contributed by atoms with Gasteiger partial charge in [-0.1, -0.05) is 13.8 Å². The number of hydrogen-bond donors (Lipinski definition) is 1. The van der Waals surface area contributed by atoms with Crippen molar-refractivity contribution in [2.45, 2.75) is 33.2 Å². The molecule has 0 spiro atoms. The van der Waals surface area contributed by atoms with E-state index in [1.807, 2.05) is 13.8 Å². The Labute approximate surface area is 129 Å². The Bertz CT molecular complexity index is 536. The molecule has 120 valence electrons. The first-order valence-corrected chi connectivity index (χ1v) is 7.00. The topological polar surface area (TPSA) is 81.7 Å². The summed E-state index contributed by atoms with van der Waals surface area (Å²) < 4.78 is 9.60. The van der Waals surface area contributed by atoms with E-state index in [1.165, 1.54) is 38.3 Å². The van der Waals surface area contributed by atoms with E-state index < -0.39 is 18.0 Å². The number of methoxy groups -OCH3 is 1. The van der Waals surface area contributed by atoms with Crippen molar-refractivity contribution < 1.29 is 23.9 Å². The van der Waals surface area contributed by atoms with E-state index in [0.717, 1.165) is 0 Å². The molecule has 1 rings (SSSR count). The highest BCUT2D eigenvalue weighted by atomic mass is 16.5. The van der Waals surface area contributed by atoms with Gasteiger partial charge in [-0.25, -0.2) is 4.79 Å². The summed E-state index contributed by atoms with van der Waals surface area (Å²) in [6, 6.07) is 5.40. The van der Waals surface area contributed by atoms with Gasteiger partial charge in [-0.05, 0) is 36.6 Å². The van der Waals surface area contributed by atoms with Crippen molar-refractivity contribution in [1.82, 2.24) is 5.32 Å². The molecule has 0 aliphatic carbocycles. The highest BCUT2D eigenvalue weighted by molar-refractivity contribution is 5.96. The van der Waals surface area contributed by atoms with Crippen LogP contribution in [0.15, 0.2) is 24.3 Å². The smallest absolute Gasteiger partial charge is 0.328 e. The summed E-state index contributed by atoms with van der Waals surface area (Å²) in [4.78, 5) is 34.7. The van der Waals surface area contributed by atoms with Gasteiger partial charge >= 0.3 is 11.9 Å². The van der Waals surface area contributed by atoms with Crippen molar-refractivity contribution in [2.75, 3.05) is 7.11 Å². The Kier molecular flexibility index (Phi) is 6.56. The molecular formula is C16H21NO5. The van der Waals surface area contributed by atoms with E-state index in [0.29, 0.717) is 17.7 Å². The van der Waals surface area contributed by atoms with Crippen molar-refractivity contribution in [3.05, 3.63) is 29.8 Å². The zero-order valence-electron chi connectivity index (χ0n) is 13.2. The van der Waals surface area contributed by atoms with E-state index in [9.17, 15) is 14.4 Å². The summed E-state index contributed by atoms with van der Waals surface area (Å²) in [7, 11) is 1.29. The lowest BCUT2D eigenvalue weighted by molar-refractivity contribution is -0.143. The number of rotatable bonds is 6. The van der Waals surface area contributed by atoms with Crippen molar-refractivity contribution in [3.8, 4) is 5.75 Å². The average molecular weight is 307 g/mol. The summed E-state index contributed by atoms with van der Waals surface area (Å²) in [5.74, 6) is -0.699. The van der Waals surface area contributed by atoms with E-state index in [4.69, 9.17) is 9.47 Å². The molecule has 1 aromatic rings. The quantitative estimate of drug-likeness (QED) is 0.641. The minimum Gasteiger partial charge on any atom is -0.467 e. The Balaban J connectivity index is 2.76. The number of carbonyl (C=O) groups excluding carboxylic acids is 3. The fourth-order valence-electron chi connectivity index (χ4n) is 1.91. The highest BCUT2D eigenvalue weighted by Crippen LogP contribution is 2.13. The second kappa shape index (κ2) is 8.17. The van der Waals surface area contributed by atoms with E-state index >= 15 is 0 Å². The largest absolute Gasteiger partial charge is 0.467 e. The van der Waals surface area contributed by atoms with Crippen molar-refractivity contribution >= 4 is 17.8 Å². The fourth-order valence-corrected chi connectivity index (χ4v) is 1.91. The lowest BCUT2D eigenvalue weighted by Gasteiger charge is -2.18. The average Bonchev–Trinajstić information content (AvgIpc) is 2.45. The molecular weight excluding hydrogens is 286 g/mol. The number of carbonyl (C=O) groups is 3. The molecule has 1 atom stereocenters. The first-order chi connectivity index (χ1) is 10.3. The number of esters is 2. The van der Waals surface area contributed by atoms with E-state index in [2.05, 4.69) is 5.32 Å². The molecule has 0 saturated heterocycles. The maximum Gasteiger partial charge on any atom is 0.328 e. The maximum absolute atomic E-state index is 12.2. The predicted octanol–water partition coefficient (Wildman–Crippen LogP) is 1.93. The third kappa shape index (κ3) is 5.55. The Morgan fingerprint density at radius 3 is 2.18 bits per heavy atom. The molecule has 6 heteroatoms. The number of hydrogen-bond acceptors (Lipinski definition) is 5. The first kappa shape index (κ1) is 17.7. The fraction of sp³-hybridized carbons (Fsp3) is 0.438. The van der Waals surface area contributed by atoms with Crippen LogP contribution in [-0.2, 0) is 14.3 Å². The first-order valence-electron chi connectivity index (χ1n) is 7.00. The van der Waals surface area contributed by atoms with Gasteiger partial charge < -0.3 is 14.8 Å². The van der Waals surface area contributed by atoms with Crippen LogP contribution in [0.2, 0.25) is 0 Å². The van der Waals surface area contributed by atoms with Crippen molar-refractivity contribution in [1.29, 1.82) is 0 Å². The van der Waals surface area contributed by atoms with Crippen molar-refractivity contribution in [2.24, 2.45) is 5.92 Å². The minimum atomic E-state index is -0.689. The standard InChI is InChI=1S/C16H21NO5/c1-10(2)9-14(16(20)21-4)17-15(19)12-5-7-13(8-6-12)22-11(3)18/h5-8,10,14H,9H2,1-4H3,(H,17,19)/t14-/m0/s1. The summed E-state index contributed by atoms with van der Waals surface area (Å²) in [5, 5.41) is 2.65. The second-order valence-corrected chi connectivity index (χ2v) is 5.30. The molecule has 1 amide bonds. The monoisotopic (exact) mass is 307 g/mol. The molecule has 0 bridgehead atoms. The highest BCUT2D eigenvalue weighted by Gasteiger charge is 2.23. The summed E-state index contributed by atoms with van der Waals surface area (Å²) in [5.41, 5.74) is 0.369. The number of nitrogens with one attached hydrogen (secondary N) is 1. The van der Waals surface area contributed by atoms with Crippen LogP contribution in [-0.4, -0.2) is 31.0 Å². The molecule has 1 N–H and O–H groups in total.